The molecule has 1 aromatic heterocycles. The van der Waals surface area contributed by atoms with E-state index >= 15 is 0 Å². The molecular weight excluding hydrogens is 805 g/mol. The Bertz CT molecular complexity index is 2230. The molecule has 2 aliphatic heterocycles. The van der Waals surface area contributed by atoms with E-state index in [1.807, 2.05) is 0 Å². The third-order valence-corrected chi connectivity index (χ3v) is 10.8. The van der Waals surface area contributed by atoms with Crippen LogP contribution in [0.5, 0.6) is 11.5 Å². The molecule has 2 aromatic carbocycles. The summed E-state index contributed by atoms with van der Waals surface area (Å²) in [5.74, 6) is -3.09. The number of phenols is 2. The minimum absolute atomic E-state index is 0.0428. The van der Waals surface area contributed by atoms with E-state index < -0.39 is 83.5 Å². The number of fused-ring (bicyclic) bond motifs is 1. The fourth-order valence-electron chi connectivity index (χ4n) is 6.78. The largest absolute Gasteiger partial charge is 0.508 e. The summed E-state index contributed by atoms with van der Waals surface area (Å²) in [6.45, 7) is 1.87. The second-order valence-electron chi connectivity index (χ2n) is 14.4. The van der Waals surface area contributed by atoms with Gasteiger partial charge in [0, 0.05) is 44.9 Å². The van der Waals surface area contributed by atoms with Crippen molar-refractivity contribution in [1.82, 2.24) is 41.0 Å². The van der Waals surface area contributed by atoms with Crippen LogP contribution in [0.1, 0.15) is 42.7 Å². The number of rotatable bonds is 16. The summed E-state index contributed by atoms with van der Waals surface area (Å²) in [6.07, 6.45) is 1.53. The summed E-state index contributed by atoms with van der Waals surface area (Å²) in [7, 11) is 1.45. The van der Waals surface area contributed by atoms with Crippen molar-refractivity contribution in [2.24, 2.45) is 0 Å². The number of aromatic nitrogens is 2. The van der Waals surface area contributed by atoms with Crippen molar-refractivity contribution >= 4 is 41.5 Å². The van der Waals surface area contributed by atoms with Gasteiger partial charge in [-0.25, -0.2) is 14.4 Å². The van der Waals surface area contributed by atoms with E-state index in [9.17, 15) is 54.0 Å². The molecule has 0 bridgehead atoms. The van der Waals surface area contributed by atoms with Crippen LogP contribution in [0.2, 0.25) is 0 Å². The van der Waals surface area contributed by atoms with Crippen LogP contribution in [-0.2, 0) is 43.3 Å². The number of hydrogen-bond donors (Lipinski definition) is 10. The number of aromatic amines is 1. The van der Waals surface area contributed by atoms with Crippen molar-refractivity contribution in [3.8, 4) is 11.5 Å². The topological polar surface area (TPSA) is 294 Å². The van der Waals surface area contributed by atoms with E-state index in [2.05, 4.69) is 31.6 Å². The number of carboxylic acid groups (broad SMARTS) is 1. The summed E-state index contributed by atoms with van der Waals surface area (Å²) >= 11 is 1.37. The molecule has 21 heteroatoms. The Labute approximate surface area is 347 Å². The molecule has 60 heavy (non-hydrogen) atoms. The van der Waals surface area contributed by atoms with E-state index in [0.717, 1.165) is 34.2 Å². The Balaban J connectivity index is 1.35. The molecule has 3 aromatic rings. The second kappa shape index (κ2) is 20.1. The van der Waals surface area contributed by atoms with Crippen LogP contribution in [0.3, 0.4) is 0 Å². The number of amides is 5. The van der Waals surface area contributed by atoms with Gasteiger partial charge >= 0.3 is 17.7 Å². The molecule has 5 unspecified atom stereocenters. The Hall–Kier alpha value is -6.32. The summed E-state index contributed by atoms with van der Waals surface area (Å²) in [5.41, 5.74) is 0.611. The molecule has 322 valence electrons. The third-order valence-electron chi connectivity index (χ3n) is 10.2. The predicted octanol–water partition coefficient (Wildman–Crippen LogP) is -0.652. The number of carbonyl (C=O) groups is 5. The minimum Gasteiger partial charge on any atom is -0.508 e. The molecule has 3 heterocycles. The first-order valence-electron chi connectivity index (χ1n) is 18.9. The Morgan fingerprint density at radius 3 is 2.42 bits per heavy atom. The maximum Gasteiger partial charge on any atom is 0.331 e. The number of aliphatic hydroxyl groups is 1. The van der Waals surface area contributed by atoms with Gasteiger partial charge in [-0.05, 0) is 72.7 Å². The van der Waals surface area contributed by atoms with Crippen LogP contribution < -0.4 is 37.8 Å². The second-order valence-corrected chi connectivity index (χ2v) is 15.4. The molecule has 5 rings (SSSR count). The van der Waals surface area contributed by atoms with Crippen LogP contribution >= 0.6 is 11.8 Å². The van der Waals surface area contributed by atoms with Crippen molar-refractivity contribution in [3.63, 3.8) is 0 Å². The lowest BCUT2D eigenvalue weighted by atomic mass is 9.94. The number of phenolic OH excluding ortho intramolecular Hbond substituents is 2. The van der Waals surface area contributed by atoms with Gasteiger partial charge < -0.3 is 56.6 Å². The van der Waals surface area contributed by atoms with Crippen molar-refractivity contribution < 1.29 is 49.1 Å². The normalized spacial score (nSPS) is 19.7. The number of hydrogen-bond acceptors (Lipinski definition) is 13. The van der Waals surface area contributed by atoms with Gasteiger partial charge in [-0.1, -0.05) is 18.2 Å². The number of aliphatic carboxylic acids is 1. The van der Waals surface area contributed by atoms with Crippen LogP contribution in [-0.4, -0.2) is 120 Å². The highest BCUT2D eigenvalue weighted by Crippen LogP contribution is 2.30. The third kappa shape index (κ3) is 11.4. The number of carboxylic acids is 1. The van der Waals surface area contributed by atoms with E-state index in [1.54, 1.807) is 30.5 Å². The highest BCUT2D eigenvalue weighted by Gasteiger charge is 2.38. The molecule has 0 radical (unpaired) electrons. The van der Waals surface area contributed by atoms with Gasteiger partial charge in [-0.15, -0.1) is 0 Å². The summed E-state index contributed by atoms with van der Waals surface area (Å²) in [4.78, 5) is 94.5. The number of benzene rings is 2. The van der Waals surface area contributed by atoms with Crippen molar-refractivity contribution in [1.29, 1.82) is 0 Å². The lowest BCUT2D eigenvalue weighted by Crippen LogP contribution is -2.62. The zero-order valence-corrected chi connectivity index (χ0v) is 33.7. The lowest BCUT2D eigenvalue weighted by molar-refractivity contribution is -0.139. The van der Waals surface area contributed by atoms with Gasteiger partial charge in [-0.3, -0.25) is 28.7 Å². The van der Waals surface area contributed by atoms with Crippen molar-refractivity contribution in [2.45, 2.75) is 81.7 Å². The van der Waals surface area contributed by atoms with Gasteiger partial charge in [0.05, 0.1) is 12.1 Å². The molecule has 0 spiro atoms. The standard InChI is InChI=1S/C39H48N8O12S/c1-20(46(2)35(54)28-16-23-15-25(49)8-7-22(23)18-40-28)32(34(53)41-19-26-17-30(50)36(59-26)47-11-9-31(51)44-39(47)58)45-33(52)27(10-12-60-3)42-38(57)43-29(37(55)56)14-21-5-4-6-24(48)13-21/h4-9,11,13,15,19-20,27-30,32,36,40,48-50H,10,12,14,16-18H2,1-3H3,(H,41,53)(H,45,52)(H,55,56)(H2,42,43,57)(H,44,51,58)/b26-19+/t20?,27-,28?,29?,30?,32+,36?/m0/s1. The van der Waals surface area contributed by atoms with Crippen LogP contribution in [0, 0.1) is 0 Å². The number of H-pyrrole nitrogens is 1. The monoisotopic (exact) mass is 852 g/mol. The molecule has 10 N–H and O–H groups in total. The highest BCUT2D eigenvalue weighted by atomic mass is 32.2. The van der Waals surface area contributed by atoms with Crippen molar-refractivity contribution in [2.75, 3.05) is 19.1 Å². The van der Waals surface area contributed by atoms with Gasteiger partial charge in [0.2, 0.25) is 23.9 Å². The number of thioether (sulfide) groups is 1. The molecular formula is C39H48N8O12S. The number of nitrogens with zero attached hydrogens (tertiary/aromatic N) is 2. The van der Waals surface area contributed by atoms with Gasteiger partial charge in [0.15, 0.2) is 0 Å². The van der Waals surface area contributed by atoms with E-state index in [1.165, 1.54) is 48.8 Å². The Morgan fingerprint density at radius 2 is 1.72 bits per heavy atom. The first-order chi connectivity index (χ1) is 28.5. The SMILES string of the molecule is CSCC[C@H](NC(=O)NC(Cc1cccc(O)c1)C(=O)O)C(=O)N[C@@H](C(=O)N/C=C1\CC(O)C(n2ccc(=O)[nH]c2=O)O1)C(C)N(C)C(=O)C1Cc2cc(O)ccc2CN1. The molecule has 0 saturated carbocycles. The van der Waals surface area contributed by atoms with Gasteiger partial charge in [-0.2, -0.15) is 11.8 Å². The number of ether oxygens (including phenoxy) is 1. The number of aliphatic hydroxyl groups excluding tert-OH is 1. The van der Waals surface area contributed by atoms with Crippen LogP contribution in [0.15, 0.2) is 76.3 Å². The zero-order valence-electron chi connectivity index (χ0n) is 32.9. The molecule has 7 atom stereocenters. The molecule has 1 fully saturated rings. The number of likely N-dealkylation sites (N-methyl/N-ethyl adjacent to an activating group) is 1. The number of aromatic hydroxyl groups is 2. The Morgan fingerprint density at radius 1 is 0.983 bits per heavy atom. The van der Waals surface area contributed by atoms with E-state index in [0.29, 0.717) is 17.9 Å². The fourth-order valence-corrected chi connectivity index (χ4v) is 7.25. The number of urea groups is 1. The first kappa shape index (κ1) is 44.8. The molecule has 0 aliphatic carbocycles. The first-order valence-corrected chi connectivity index (χ1v) is 20.3. The van der Waals surface area contributed by atoms with Crippen LogP contribution in [0.4, 0.5) is 4.79 Å². The van der Waals surface area contributed by atoms with Crippen molar-refractivity contribution in [3.05, 3.63) is 104 Å². The van der Waals surface area contributed by atoms with Gasteiger partial charge in [0.1, 0.15) is 41.5 Å². The average molecular weight is 853 g/mol. The molecule has 20 nitrogen and oxygen atoms in total. The average Bonchev–Trinajstić information content (AvgIpc) is 3.58. The summed E-state index contributed by atoms with van der Waals surface area (Å²) in [6, 6.07) is 4.83. The molecule has 2 aliphatic rings. The highest BCUT2D eigenvalue weighted by molar-refractivity contribution is 7.98. The zero-order chi connectivity index (χ0) is 43.7. The van der Waals surface area contributed by atoms with E-state index in [-0.39, 0.29) is 42.9 Å². The summed E-state index contributed by atoms with van der Waals surface area (Å²) in [5, 5.41) is 53.6. The maximum absolute atomic E-state index is 14.0. The summed E-state index contributed by atoms with van der Waals surface area (Å²) < 4.78 is 6.70. The Kier molecular flexibility index (Phi) is 15.0. The quantitative estimate of drug-likeness (QED) is 0.0857. The van der Waals surface area contributed by atoms with Crippen LogP contribution in [0.25, 0.3) is 0 Å². The lowest BCUT2D eigenvalue weighted by Gasteiger charge is -2.36. The van der Waals surface area contributed by atoms with E-state index in [4.69, 9.17) is 4.74 Å². The molecule has 1 saturated heterocycles. The fraction of sp³-hybridized carbons (Fsp3) is 0.410. The number of nitrogens with one attached hydrogen (secondary N) is 6. The maximum atomic E-state index is 14.0. The predicted molar refractivity (Wildman–Crippen MR) is 217 cm³/mol. The van der Waals surface area contributed by atoms with Gasteiger partial charge in [0.25, 0.3) is 5.56 Å². The smallest absolute Gasteiger partial charge is 0.331 e. The minimum atomic E-state index is -1.48. The molecule has 5 amide bonds. The number of carbonyl (C=O) groups excluding carboxylic acids is 4.